The maximum Gasteiger partial charge on any atom is 0.243 e. The van der Waals surface area contributed by atoms with E-state index in [4.69, 9.17) is 4.74 Å². The fraction of sp³-hybridized carbons (Fsp3) is 0.556. The standard InChI is InChI=1S/C27H39N3O4S2/c1-20(2)34-22-9-10-25-24(19-22)30(15-6-14-29-16-11-21(12-17-29)13-18-31)23-7-5-8-26(27(23)35-25)36(32,33)28(3)4/h5,7-10,19-21,31H,6,11-18H2,1-4H3. The molecule has 0 aromatic heterocycles. The van der Waals surface area contributed by atoms with Crippen LogP contribution in [-0.4, -0.2) is 75.7 Å². The first kappa shape index (κ1) is 27.3. The average Bonchev–Trinajstić information content (AvgIpc) is 2.84. The van der Waals surface area contributed by atoms with Crippen molar-refractivity contribution in [1.82, 2.24) is 9.21 Å². The summed E-state index contributed by atoms with van der Waals surface area (Å²) in [6.45, 7) is 8.25. The summed E-state index contributed by atoms with van der Waals surface area (Å²) in [5.74, 6) is 1.46. The molecule has 0 atom stereocenters. The summed E-state index contributed by atoms with van der Waals surface area (Å²) in [5, 5.41) is 9.23. The molecule has 0 aliphatic carbocycles. The zero-order valence-corrected chi connectivity index (χ0v) is 23.4. The summed E-state index contributed by atoms with van der Waals surface area (Å²) in [7, 11) is -0.428. The van der Waals surface area contributed by atoms with Crippen molar-refractivity contribution in [1.29, 1.82) is 0 Å². The molecule has 0 amide bonds. The summed E-state index contributed by atoms with van der Waals surface area (Å²) in [6, 6.07) is 11.7. The van der Waals surface area contributed by atoms with Gasteiger partial charge in [-0.05, 0) is 89.3 Å². The van der Waals surface area contributed by atoms with E-state index in [-0.39, 0.29) is 12.7 Å². The number of likely N-dealkylation sites (tertiary alicyclic amines) is 1. The topological polar surface area (TPSA) is 73.3 Å². The van der Waals surface area contributed by atoms with Gasteiger partial charge < -0.3 is 19.6 Å². The largest absolute Gasteiger partial charge is 0.491 e. The monoisotopic (exact) mass is 533 g/mol. The van der Waals surface area contributed by atoms with Crippen LogP contribution in [0.15, 0.2) is 51.1 Å². The number of aliphatic hydroxyl groups is 1. The second kappa shape index (κ2) is 11.7. The van der Waals surface area contributed by atoms with Gasteiger partial charge in [-0.25, -0.2) is 12.7 Å². The molecule has 36 heavy (non-hydrogen) atoms. The van der Waals surface area contributed by atoms with E-state index in [0.717, 1.165) is 78.8 Å². The molecule has 1 saturated heterocycles. The molecule has 2 aliphatic rings. The molecule has 4 rings (SSSR count). The first-order valence-corrected chi connectivity index (χ1v) is 15.1. The minimum Gasteiger partial charge on any atom is -0.491 e. The van der Waals surface area contributed by atoms with Crippen LogP contribution in [0.2, 0.25) is 0 Å². The molecule has 0 bridgehead atoms. The van der Waals surface area contributed by atoms with Gasteiger partial charge in [0.25, 0.3) is 0 Å². The summed E-state index contributed by atoms with van der Waals surface area (Å²) < 4.78 is 33.6. The number of sulfonamides is 1. The molecule has 9 heteroatoms. The maximum atomic E-state index is 13.1. The van der Waals surface area contributed by atoms with Crippen LogP contribution in [0.25, 0.3) is 0 Å². The van der Waals surface area contributed by atoms with Crippen LogP contribution in [0.5, 0.6) is 5.75 Å². The second-order valence-corrected chi connectivity index (χ2v) is 13.3. The maximum absolute atomic E-state index is 13.1. The number of hydrogen-bond donors (Lipinski definition) is 1. The quantitative estimate of drug-likeness (QED) is 0.470. The van der Waals surface area contributed by atoms with Crippen molar-refractivity contribution in [2.24, 2.45) is 5.92 Å². The Morgan fingerprint density at radius 3 is 2.53 bits per heavy atom. The van der Waals surface area contributed by atoms with Gasteiger partial charge in [0, 0.05) is 38.2 Å². The van der Waals surface area contributed by atoms with Gasteiger partial charge in [-0.1, -0.05) is 17.8 Å². The van der Waals surface area contributed by atoms with Gasteiger partial charge in [-0.3, -0.25) is 0 Å². The number of rotatable bonds is 10. The summed E-state index contributed by atoms with van der Waals surface area (Å²) in [5.41, 5.74) is 1.99. The Balaban J connectivity index is 1.60. The molecular formula is C27H39N3O4S2. The van der Waals surface area contributed by atoms with Gasteiger partial charge in [0.15, 0.2) is 0 Å². The number of ether oxygens (including phenoxy) is 1. The lowest BCUT2D eigenvalue weighted by atomic mass is 9.94. The van der Waals surface area contributed by atoms with E-state index in [0.29, 0.717) is 10.8 Å². The lowest BCUT2D eigenvalue weighted by molar-refractivity contribution is 0.158. The smallest absolute Gasteiger partial charge is 0.243 e. The Bertz CT molecular complexity index is 1150. The van der Waals surface area contributed by atoms with Crippen molar-refractivity contribution in [3.05, 3.63) is 36.4 Å². The SMILES string of the molecule is CC(C)Oc1ccc2c(c1)N(CCCN1CCC(CCO)CC1)c1cccc(S(=O)(=O)N(C)C)c1S2. The molecule has 2 aromatic carbocycles. The summed E-state index contributed by atoms with van der Waals surface area (Å²) >= 11 is 1.52. The van der Waals surface area contributed by atoms with Gasteiger partial charge in [-0.15, -0.1) is 0 Å². The number of hydrogen-bond acceptors (Lipinski definition) is 7. The summed E-state index contributed by atoms with van der Waals surface area (Å²) in [4.78, 5) is 6.94. The van der Waals surface area contributed by atoms with Crippen molar-refractivity contribution in [2.75, 3.05) is 51.8 Å². The first-order valence-electron chi connectivity index (χ1n) is 12.9. The van der Waals surface area contributed by atoms with Crippen LogP contribution in [0, 0.1) is 5.92 Å². The molecule has 2 heterocycles. The van der Waals surface area contributed by atoms with Crippen molar-refractivity contribution in [3.8, 4) is 5.75 Å². The van der Waals surface area contributed by atoms with E-state index in [1.807, 2.05) is 38.1 Å². The molecule has 7 nitrogen and oxygen atoms in total. The predicted octanol–water partition coefficient (Wildman–Crippen LogP) is 4.81. The van der Waals surface area contributed by atoms with Crippen molar-refractivity contribution >= 4 is 33.2 Å². The van der Waals surface area contributed by atoms with Crippen molar-refractivity contribution in [3.63, 3.8) is 0 Å². The number of nitrogens with zero attached hydrogens (tertiary/aromatic N) is 3. The number of aliphatic hydroxyl groups excluding tert-OH is 1. The lowest BCUT2D eigenvalue weighted by Gasteiger charge is -2.36. The molecule has 2 aliphatic heterocycles. The Hall–Kier alpha value is -1.78. The number of anilines is 2. The minimum absolute atomic E-state index is 0.0747. The van der Waals surface area contributed by atoms with Gasteiger partial charge in [0.05, 0.1) is 27.3 Å². The number of benzene rings is 2. The molecule has 1 N–H and O–H groups in total. The zero-order chi connectivity index (χ0) is 25.9. The molecular weight excluding hydrogens is 494 g/mol. The summed E-state index contributed by atoms with van der Waals surface area (Å²) in [6.07, 6.45) is 4.24. The molecule has 2 aromatic rings. The van der Waals surface area contributed by atoms with Crippen LogP contribution in [-0.2, 0) is 10.0 Å². The third-order valence-electron chi connectivity index (χ3n) is 6.91. The van der Waals surface area contributed by atoms with Crippen LogP contribution < -0.4 is 9.64 Å². The van der Waals surface area contributed by atoms with Crippen LogP contribution >= 0.6 is 11.8 Å². The molecule has 0 saturated carbocycles. The number of piperidine rings is 1. The number of fused-ring (bicyclic) bond motifs is 2. The van der Waals surface area contributed by atoms with Crippen LogP contribution in [0.4, 0.5) is 11.4 Å². The third kappa shape index (κ3) is 6.02. The van der Waals surface area contributed by atoms with Gasteiger partial charge in [-0.2, -0.15) is 0 Å². The first-order chi connectivity index (χ1) is 17.2. The van der Waals surface area contributed by atoms with E-state index in [9.17, 15) is 13.5 Å². The normalized spacial score (nSPS) is 16.9. The highest BCUT2D eigenvalue weighted by Gasteiger charge is 2.31. The Kier molecular flexibility index (Phi) is 8.88. The molecule has 0 spiro atoms. The fourth-order valence-electron chi connectivity index (χ4n) is 4.97. The van der Waals surface area contributed by atoms with E-state index in [2.05, 4.69) is 15.9 Å². The lowest BCUT2D eigenvalue weighted by Crippen LogP contribution is -2.36. The molecule has 0 radical (unpaired) electrons. The van der Waals surface area contributed by atoms with Gasteiger partial charge in [0.2, 0.25) is 10.0 Å². The third-order valence-corrected chi connectivity index (χ3v) is 10.1. The average molecular weight is 534 g/mol. The molecule has 0 unspecified atom stereocenters. The molecule has 198 valence electrons. The van der Waals surface area contributed by atoms with Gasteiger partial charge >= 0.3 is 0 Å². The highest BCUT2D eigenvalue weighted by atomic mass is 32.2. The zero-order valence-electron chi connectivity index (χ0n) is 21.8. The van der Waals surface area contributed by atoms with E-state index in [1.165, 1.54) is 16.1 Å². The van der Waals surface area contributed by atoms with E-state index < -0.39 is 10.0 Å². The van der Waals surface area contributed by atoms with E-state index in [1.54, 1.807) is 20.2 Å². The van der Waals surface area contributed by atoms with Gasteiger partial charge in [0.1, 0.15) is 5.75 Å². The van der Waals surface area contributed by atoms with Crippen LogP contribution in [0.1, 0.15) is 39.5 Å². The van der Waals surface area contributed by atoms with E-state index >= 15 is 0 Å². The predicted molar refractivity (Wildman–Crippen MR) is 146 cm³/mol. The second-order valence-electron chi connectivity index (χ2n) is 10.1. The Morgan fingerprint density at radius 1 is 1.11 bits per heavy atom. The van der Waals surface area contributed by atoms with Crippen molar-refractivity contribution in [2.45, 2.75) is 60.3 Å². The van der Waals surface area contributed by atoms with Crippen LogP contribution in [0.3, 0.4) is 0 Å². The Morgan fingerprint density at radius 2 is 1.86 bits per heavy atom. The minimum atomic E-state index is -3.58. The Labute approximate surface area is 220 Å². The highest BCUT2D eigenvalue weighted by Crippen LogP contribution is 2.51. The van der Waals surface area contributed by atoms with Crippen molar-refractivity contribution < 1.29 is 18.3 Å². The highest BCUT2D eigenvalue weighted by molar-refractivity contribution is 8.00. The fourth-order valence-corrected chi connectivity index (χ4v) is 7.48. The molecule has 1 fully saturated rings.